The van der Waals surface area contributed by atoms with Crippen LogP contribution in [0.2, 0.25) is 0 Å². The summed E-state index contributed by atoms with van der Waals surface area (Å²) in [5, 5.41) is 6.16. The maximum Gasteiger partial charge on any atom is 0.438 e. The normalized spacial score (nSPS) is 16.6. The lowest BCUT2D eigenvalue weighted by atomic mass is 10.1. The van der Waals surface area contributed by atoms with Gasteiger partial charge in [-0.15, -0.1) is 11.8 Å². The summed E-state index contributed by atoms with van der Waals surface area (Å²) in [5.74, 6) is -0.736. The fourth-order valence-electron chi connectivity index (χ4n) is 2.19. The van der Waals surface area contributed by atoms with Gasteiger partial charge in [-0.1, -0.05) is 5.16 Å². The number of carbonyl (C=O) groups excluding carboxylic acids is 2. The smallest absolute Gasteiger partial charge is 0.334 e. The van der Waals surface area contributed by atoms with E-state index in [1.807, 2.05) is 13.0 Å². The van der Waals surface area contributed by atoms with Crippen LogP contribution >= 0.6 is 11.8 Å². The molecule has 2 aromatic rings. The number of nitrogens with one attached hydrogen (secondary N) is 2. The number of fused-ring (bicyclic) bond motifs is 1. The molecule has 1 aromatic carbocycles. The Morgan fingerprint density at radius 3 is 2.91 bits per heavy atom. The lowest BCUT2D eigenvalue weighted by Gasteiger charge is -2.22. The number of amides is 2. The first-order chi connectivity index (χ1) is 10.9. The number of anilines is 1. The molecule has 120 valence electrons. The zero-order valence-electron chi connectivity index (χ0n) is 12.5. The van der Waals surface area contributed by atoms with Crippen LogP contribution in [0.3, 0.4) is 0 Å². The number of hydrogen-bond donors (Lipinski definition) is 2. The molecule has 2 heterocycles. The van der Waals surface area contributed by atoms with Crippen LogP contribution < -0.4 is 11.1 Å². The fourth-order valence-corrected chi connectivity index (χ4v) is 3.12. The van der Waals surface area contributed by atoms with Gasteiger partial charge >= 0.3 is 5.76 Å². The highest BCUT2D eigenvalue weighted by Crippen LogP contribution is 2.36. The molecule has 0 saturated heterocycles. The molecule has 1 atom stereocenters. The minimum absolute atomic E-state index is 0.0828. The van der Waals surface area contributed by atoms with Crippen molar-refractivity contribution in [3.05, 3.63) is 40.1 Å². The lowest BCUT2D eigenvalue weighted by molar-refractivity contribution is -0.115. The number of carbonyl (C=O) groups is 2. The molecule has 9 heteroatoms. The van der Waals surface area contributed by atoms with Gasteiger partial charge in [-0.25, -0.2) is 4.79 Å². The van der Waals surface area contributed by atoms with Gasteiger partial charge in [0.2, 0.25) is 5.91 Å². The average molecular weight is 334 g/mol. The molecule has 23 heavy (non-hydrogen) atoms. The Labute approximate surface area is 135 Å². The van der Waals surface area contributed by atoms with Crippen LogP contribution in [0.1, 0.15) is 23.1 Å². The highest BCUT2D eigenvalue weighted by Gasteiger charge is 2.24. The summed E-state index contributed by atoms with van der Waals surface area (Å²) in [4.78, 5) is 39.8. The Morgan fingerprint density at radius 2 is 2.22 bits per heavy atom. The van der Waals surface area contributed by atoms with E-state index in [4.69, 9.17) is 0 Å². The number of thioether (sulfide) groups is 1. The van der Waals surface area contributed by atoms with Crippen molar-refractivity contribution in [2.75, 3.05) is 12.4 Å². The number of aromatic amines is 1. The summed E-state index contributed by atoms with van der Waals surface area (Å²) in [6.45, 7) is 1.94. The largest absolute Gasteiger partial charge is 0.438 e. The third-order valence-electron chi connectivity index (χ3n) is 3.38. The van der Waals surface area contributed by atoms with Gasteiger partial charge in [-0.3, -0.25) is 19.1 Å². The Bertz CT molecular complexity index is 828. The SMILES string of the molecule is CC1Sc2ccc(C(=O)N(C)Cc3noc(=O)[nH]3)cc2NC1=O. The molecule has 3 rings (SSSR count). The molecule has 0 bridgehead atoms. The van der Waals surface area contributed by atoms with Crippen LogP contribution in [0.5, 0.6) is 0 Å². The van der Waals surface area contributed by atoms with Gasteiger partial charge < -0.3 is 10.2 Å². The van der Waals surface area contributed by atoms with E-state index in [-0.39, 0.29) is 29.4 Å². The maximum atomic E-state index is 12.4. The number of aromatic nitrogens is 2. The molecule has 8 nitrogen and oxygen atoms in total. The number of H-pyrrole nitrogens is 1. The molecule has 2 amide bonds. The number of benzene rings is 1. The minimum atomic E-state index is -0.663. The summed E-state index contributed by atoms with van der Waals surface area (Å²) >= 11 is 1.46. The van der Waals surface area contributed by atoms with E-state index < -0.39 is 5.76 Å². The van der Waals surface area contributed by atoms with Crippen molar-refractivity contribution < 1.29 is 14.1 Å². The lowest BCUT2D eigenvalue weighted by Crippen LogP contribution is -2.29. The summed E-state index contributed by atoms with van der Waals surface area (Å²) in [6.07, 6.45) is 0. The second kappa shape index (κ2) is 5.92. The third kappa shape index (κ3) is 3.14. The quantitative estimate of drug-likeness (QED) is 0.869. The second-order valence-corrected chi connectivity index (χ2v) is 6.55. The molecule has 1 aromatic heterocycles. The average Bonchev–Trinajstić information content (AvgIpc) is 2.92. The molecular formula is C14H14N4O4S. The first kappa shape index (κ1) is 15.3. The molecule has 1 unspecified atom stereocenters. The molecule has 2 N–H and O–H groups in total. The van der Waals surface area contributed by atoms with Crippen molar-refractivity contribution in [3.63, 3.8) is 0 Å². The van der Waals surface area contributed by atoms with Crippen molar-refractivity contribution in [1.29, 1.82) is 0 Å². The highest BCUT2D eigenvalue weighted by molar-refractivity contribution is 8.00. The Balaban J connectivity index is 1.78. The van der Waals surface area contributed by atoms with Crippen LogP contribution in [-0.2, 0) is 11.3 Å². The molecule has 1 aliphatic heterocycles. The van der Waals surface area contributed by atoms with Crippen molar-refractivity contribution in [1.82, 2.24) is 15.0 Å². The maximum absolute atomic E-state index is 12.4. The van der Waals surface area contributed by atoms with Crippen LogP contribution in [-0.4, -0.2) is 39.2 Å². The van der Waals surface area contributed by atoms with E-state index in [1.54, 1.807) is 19.2 Å². The molecule has 0 radical (unpaired) electrons. The summed E-state index contributed by atoms with van der Waals surface area (Å²) in [6, 6.07) is 5.17. The number of hydrogen-bond acceptors (Lipinski definition) is 6. The van der Waals surface area contributed by atoms with E-state index in [1.165, 1.54) is 16.7 Å². The Kier molecular flexibility index (Phi) is 3.95. The zero-order valence-corrected chi connectivity index (χ0v) is 13.3. The number of rotatable bonds is 3. The van der Waals surface area contributed by atoms with E-state index in [9.17, 15) is 14.4 Å². The van der Waals surface area contributed by atoms with Crippen LogP contribution in [0.4, 0.5) is 5.69 Å². The predicted octanol–water partition coefficient (Wildman–Crippen LogP) is 1.07. The van der Waals surface area contributed by atoms with Gasteiger partial charge in [-0.05, 0) is 25.1 Å². The van der Waals surface area contributed by atoms with E-state index in [2.05, 4.69) is 20.0 Å². The summed E-state index contributed by atoms with van der Waals surface area (Å²) < 4.78 is 4.40. The molecule has 1 aliphatic rings. The molecule has 0 fully saturated rings. The molecule has 0 saturated carbocycles. The molecule has 0 aliphatic carbocycles. The molecular weight excluding hydrogens is 320 g/mol. The minimum Gasteiger partial charge on any atom is -0.334 e. The third-order valence-corrected chi connectivity index (χ3v) is 4.55. The van der Waals surface area contributed by atoms with E-state index in [0.717, 1.165) is 4.90 Å². The van der Waals surface area contributed by atoms with Crippen LogP contribution in [0, 0.1) is 0 Å². The number of nitrogens with zero attached hydrogens (tertiary/aromatic N) is 2. The van der Waals surface area contributed by atoms with Gasteiger partial charge in [0, 0.05) is 17.5 Å². The van der Waals surface area contributed by atoms with Gasteiger partial charge in [-0.2, -0.15) is 0 Å². The zero-order chi connectivity index (χ0) is 16.6. The first-order valence-electron chi connectivity index (χ1n) is 6.86. The first-order valence-corrected chi connectivity index (χ1v) is 7.74. The second-order valence-electron chi connectivity index (χ2n) is 5.16. The van der Waals surface area contributed by atoms with Crippen LogP contribution in [0.15, 0.2) is 32.4 Å². The van der Waals surface area contributed by atoms with Crippen molar-refractivity contribution in [3.8, 4) is 0 Å². The highest BCUT2D eigenvalue weighted by atomic mass is 32.2. The Hall–Kier alpha value is -2.55. The van der Waals surface area contributed by atoms with Gasteiger partial charge in [0.25, 0.3) is 5.91 Å². The predicted molar refractivity (Wildman–Crippen MR) is 83.3 cm³/mol. The standard InChI is InChI=1S/C14H14N4O4S/c1-7-12(19)15-9-5-8(3-4-10(9)23-7)13(20)18(2)6-11-16-14(21)22-17-11/h3-5,7H,6H2,1-2H3,(H,15,19)(H,16,17,21). The monoisotopic (exact) mass is 334 g/mol. The van der Waals surface area contributed by atoms with E-state index >= 15 is 0 Å². The van der Waals surface area contributed by atoms with Gasteiger partial charge in [0.05, 0.1) is 17.5 Å². The van der Waals surface area contributed by atoms with Gasteiger partial charge in [0.1, 0.15) is 0 Å². The van der Waals surface area contributed by atoms with Crippen molar-refractivity contribution in [2.45, 2.75) is 23.6 Å². The fraction of sp³-hybridized carbons (Fsp3) is 0.286. The van der Waals surface area contributed by atoms with E-state index in [0.29, 0.717) is 11.3 Å². The Morgan fingerprint density at radius 1 is 1.43 bits per heavy atom. The van der Waals surface area contributed by atoms with Crippen molar-refractivity contribution in [2.24, 2.45) is 0 Å². The summed E-state index contributed by atoms with van der Waals surface area (Å²) in [5.41, 5.74) is 1.07. The van der Waals surface area contributed by atoms with Gasteiger partial charge in [0.15, 0.2) is 5.82 Å². The summed E-state index contributed by atoms with van der Waals surface area (Å²) in [7, 11) is 1.59. The van der Waals surface area contributed by atoms with Crippen LogP contribution in [0.25, 0.3) is 0 Å². The topological polar surface area (TPSA) is 108 Å². The van der Waals surface area contributed by atoms with Crippen molar-refractivity contribution >= 4 is 29.3 Å². The molecule has 0 spiro atoms.